The molecule has 6 nitrogen and oxygen atoms in total. The largest absolute Gasteiger partial charge is 0.455 e. The van der Waals surface area contributed by atoms with E-state index in [2.05, 4.69) is 12.2 Å². The van der Waals surface area contributed by atoms with Crippen molar-refractivity contribution in [3.8, 4) is 0 Å². The van der Waals surface area contributed by atoms with Gasteiger partial charge in [0.1, 0.15) is 17.3 Å². The number of aliphatic hydroxyl groups is 1. The van der Waals surface area contributed by atoms with Crippen molar-refractivity contribution in [2.45, 2.75) is 89.9 Å². The predicted molar refractivity (Wildman–Crippen MR) is 123 cm³/mol. The minimum Gasteiger partial charge on any atom is -0.455 e. The van der Waals surface area contributed by atoms with Gasteiger partial charge in [-0.25, -0.2) is 4.79 Å². The van der Waals surface area contributed by atoms with Gasteiger partial charge in [-0.05, 0) is 77.2 Å². The van der Waals surface area contributed by atoms with Gasteiger partial charge in [0.15, 0.2) is 5.60 Å². The zero-order valence-corrected chi connectivity index (χ0v) is 20.5. The Bertz CT molecular complexity index is 1110. The molecule has 6 heteroatoms. The maximum absolute atomic E-state index is 13.8. The number of ketones is 1. The van der Waals surface area contributed by atoms with Crippen molar-refractivity contribution in [1.82, 2.24) is 0 Å². The van der Waals surface area contributed by atoms with Crippen LogP contribution in [0.25, 0.3) is 0 Å². The summed E-state index contributed by atoms with van der Waals surface area (Å²) in [5.41, 5.74) is -1.21. The third kappa shape index (κ3) is 2.34. The molecule has 1 unspecified atom stereocenters. The fourth-order valence-corrected chi connectivity index (χ4v) is 8.84. The number of esters is 2. The molecule has 0 aromatic rings. The number of cyclic esters (lactones) is 2. The van der Waals surface area contributed by atoms with E-state index >= 15 is 0 Å². The molecule has 1 saturated heterocycles. The lowest BCUT2D eigenvalue weighted by molar-refractivity contribution is -0.193. The zero-order chi connectivity index (χ0) is 24.3. The number of allylic oxidation sites excluding steroid dienone is 4. The molecule has 1 spiro atoms. The highest BCUT2D eigenvalue weighted by molar-refractivity contribution is 5.92. The summed E-state index contributed by atoms with van der Waals surface area (Å²) in [6, 6.07) is 0. The van der Waals surface area contributed by atoms with Gasteiger partial charge in [0.05, 0.1) is 11.0 Å². The second-order valence-corrected chi connectivity index (χ2v) is 11.9. The van der Waals surface area contributed by atoms with Crippen LogP contribution in [0.3, 0.4) is 0 Å². The van der Waals surface area contributed by atoms with Crippen LogP contribution in [0.1, 0.15) is 72.6 Å². The summed E-state index contributed by atoms with van der Waals surface area (Å²) in [4.78, 5) is 39.5. The van der Waals surface area contributed by atoms with E-state index in [-0.39, 0.29) is 35.5 Å². The number of ether oxygens (including phenoxy) is 2. The van der Waals surface area contributed by atoms with Crippen LogP contribution in [0.2, 0.25) is 0 Å². The zero-order valence-electron chi connectivity index (χ0n) is 20.5. The third-order valence-electron chi connectivity index (χ3n) is 10.9. The van der Waals surface area contributed by atoms with Crippen LogP contribution < -0.4 is 0 Å². The number of carbonyl (C=O) groups is 3. The SMILES string of the molecule is CC1=C(C)C(=O)O[C@@H]([C@]2(C)OC(=O)C34CC[C@H]5[C@@H](CC=C6C=CCC(=O)[C@@]65C)[C@]3(O)CC[C@@H]42)C1. The summed E-state index contributed by atoms with van der Waals surface area (Å²) in [6.45, 7) is 7.62. The minimum atomic E-state index is -1.23. The Balaban J connectivity index is 1.40. The summed E-state index contributed by atoms with van der Waals surface area (Å²) < 4.78 is 12.0. The number of rotatable bonds is 1. The molecule has 2 heterocycles. The molecule has 6 aliphatic rings. The van der Waals surface area contributed by atoms with Crippen molar-refractivity contribution in [2.75, 3.05) is 0 Å². The van der Waals surface area contributed by atoms with Gasteiger partial charge >= 0.3 is 11.9 Å². The van der Waals surface area contributed by atoms with Gasteiger partial charge in [-0.3, -0.25) is 9.59 Å². The molecule has 0 bridgehead atoms. The van der Waals surface area contributed by atoms with Crippen molar-refractivity contribution < 1.29 is 29.0 Å². The Morgan fingerprint density at radius 2 is 1.82 bits per heavy atom. The molecular weight excluding hydrogens is 432 g/mol. The lowest BCUT2D eigenvalue weighted by Gasteiger charge is -2.58. The minimum absolute atomic E-state index is 0.000633. The Morgan fingerprint density at radius 3 is 2.56 bits per heavy atom. The van der Waals surface area contributed by atoms with Crippen molar-refractivity contribution in [3.63, 3.8) is 0 Å². The highest BCUT2D eigenvalue weighted by Crippen LogP contribution is 2.72. The molecule has 182 valence electrons. The lowest BCUT2D eigenvalue weighted by Crippen LogP contribution is -2.64. The van der Waals surface area contributed by atoms with Gasteiger partial charge in [0.25, 0.3) is 0 Å². The highest BCUT2D eigenvalue weighted by atomic mass is 16.6. The second kappa shape index (κ2) is 6.71. The molecule has 0 aromatic carbocycles. The first-order valence-electron chi connectivity index (χ1n) is 12.7. The Labute approximate surface area is 200 Å². The average molecular weight is 467 g/mol. The van der Waals surface area contributed by atoms with Gasteiger partial charge in [0, 0.05) is 24.3 Å². The number of fused-ring (bicyclic) bond motifs is 4. The van der Waals surface area contributed by atoms with Gasteiger partial charge in [-0.1, -0.05) is 23.8 Å². The van der Waals surface area contributed by atoms with E-state index in [0.717, 1.165) is 11.1 Å². The fourth-order valence-electron chi connectivity index (χ4n) is 8.84. The molecule has 34 heavy (non-hydrogen) atoms. The second-order valence-electron chi connectivity index (χ2n) is 11.9. The quantitative estimate of drug-likeness (QED) is 0.588. The van der Waals surface area contributed by atoms with Crippen molar-refractivity contribution in [1.29, 1.82) is 0 Å². The molecule has 0 aromatic heterocycles. The standard InChI is InChI=1S/C28H34O6/c1-15-14-22(33-23(30)16(15)2)26(4)20-11-13-28(32)19-9-8-17-6-5-7-21(29)25(17,3)18(19)10-12-27(20,28)24(31)34-26/h5-6,8,18-20,22,32H,7,9-14H2,1-4H3/t18-,19+,20+,22+,25-,26+,27?,28+/m0/s1. The van der Waals surface area contributed by atoms with Gasteiger partial charge in [0.2, 0.25) is 0 Å². The molecule has 2 saturated carbocycles. The molecular formula is C28H34O6. The van der Waals surface area contributed by atoms with E-state index < -0.39 is 28.1 Å². The molecule has 0 amide bonds. The molecule has 0 radical (unpaired) electrons. The maximum Gasteiger partial charge on any atom is 0.334 e. The molecule has 3 fully saturated rings. The first kappa shape index (κ1) is 22.3. The molecule has 1 N–H and O–H groups in total. The summed E-state index contributed by atoms with van der Waals surface area (Å²) in [5, 5.41) is 12.4. The fraction of sp³-hybridized carbons (Fsp3) is 0.679. The van der Waals surface area contributed by atoms with Crippen molar-refractivity contribution in [2.24, 2.45) is 28.6 Å². The molecule has 8 atom stereocenters. The Morgan fingerprint density at radius 1 is 1.06 bits per heavy atom. The van der Waals surface area contributed by atoms with Crippen LogP contribution in [-0.4, -0.2) is 40.1 Å². The van der Waals surface area contributed by atoms with Crippen LogP contribution in [-0.2, 0) is 23.9 Å². The van der Waals surface area contributed by atoms with Gasteiger partial charge in [-0.15, -0.1) is 0 Å². The number of hydrogen-bond acceptors (Lipinski definition) is 6. The van der Waals surface area contributed by atoms with Crippen LogP contribution in [0.5, 0.6) is 0 Å². The van der Waals surface area contributed by atoms with Gasteiger partial charge < -0.3 is 14.6 Å². The third-order valence-corrected chi connectivity index (χ3v) is 10.9. The van der Waals surface area contributed by atoms with E-state index in [1.807, 2.05) is 26.8 Å². The maximum atomic E-state index is 13.8. The normalized spacial score (nSPS) is 49.6. The van der Waals surface area contributed by atoms with Crippen LogP contribution in [0.15, 0.2) is 34.9 Å². The van der Waals surface area contributed by atoms with Crippen LogP contribution >= 0.6 is 0 Å². The monoisotopic (exact) mass is 466 g/mol. The van der Waals surface area contributed by atoms with E-state index in [4.69, 9.17) is 9.47 Å². The van der Waals surface area contributed by atoms with Crippen LogP contribution in [0, 0.1) is 28.6 Å². The molecule has 6 rings (SSSR count). The number of Topliss-reactive ketones (excluding diaryl/α,β-unsaturated/α-hetero) is 1. The van der Waals surface area contributed by atoms with E-state index in [0.29, 0.717) is 50.5 Å². The smallest absolute Gasteiger partial charge is 0.334 e. The average Bonchev–Trinajstić information content (AvgIpc) is 3.23. The van der Waals surface area contributed by atoms with Gasteiger partial charge in [-0.2, -0.15) is 0 Å². The topological polar surface area (TPSA) is 89.9 Å². The summed E-state index contributed by atoms with van der Waals surface area (Å²) in [5.74, 6) is -0.917. The summed E-state index contributed by atoms with van der Waals surface area (Å²) in [7, 11) is 0. The first-order chi connectivity index (χ1) is 16.0. The van der Waals surface area contributed by atoms with E-state index in [1.165, 1.54) is 0 Å². The molecule has 2 aliphatic heterocycles. The predicted octanol–water partition coefficient (Wildman–Crippen LogP) is 3.97. The lowest BCUT2D eigenvalue weighted by atomic mass is 9.45. The van der Waals surface area contributed by atoms with Crippen molar-refractivity contribution >= 4 is 17.7 Å². The Hall–Kier alpha value is -2.21. The van der Waals surface area contributed by atoms with E-state index in [1.54, 1.807) is 6.92 Å². The highest BCUT2D eigenvalue weighted by Gasteiger charge is 2.79. The van der Waals surface area contributed by atoms with Crippen molar-refractivity contribution in [3.05, 3.63) is 34.9 Å². The summed E-state index contributed by atoms with van der Waals surface area (Å²) in [6.07, 6.45) is 9.50. The van der Waals surface area contributed by atoms with E-state index in [9.17, 15) is 19.5 Å². The number of hydrogen-bond donors (Lipinski definition) is 1. The Kier molecular flexibility index (Phi) is 4.40. The summed E-state index contributed by atoms with van der Waals surface area (Å²) >= 11 is 0. The van der Waals surface area contributed by atoms with Crippen LogP contribution in [0.4, 0.5) is 0 Å². The first-order valence-corrected chi connectivity index (χ1v) is 12.7. The number of carbonyl (C=O) groups excluding carboxylic acids is 3. The molecule has 4 aliphatic carbocycles.